The van der Waals surface area contributed by atoms with E-state index in [4.69, 9.17) is 25.6 Å². The van der Waals surface area contributed by atoms with Gasteiger partial charge in [0.15, 0.2) is 0 Å². The van der Waals surface area contributed by atoms with E-state index in [0.717, 1.165) is 0 Å². The fraction of sp³-hybridized carbons (Fsp3) is 0.900. The van der Waals surface area contributed by atoms with Gasteiger partial charge in [0.25, 0.3) is 0 Å². The Kier molecular flexibility index (Phi) is 11.0. The van der Waals surface area contributed by atoms with E-state index in [-0.39, 0.29) is 12.1 Å². The van der Waals surface area contributed by atoms with Crippen LogP contribution in [0.5, 0.6) is 0 Å². The van der Waals surface area contributed by atoms with Gasteiger partial charge in [0.1, 0.15) is 0 Å². The molecule has 0 radical (unpaired) electrons. The molecule has 8 heteroatoms. The topological polar surface area (TPSA) is 44.8 Å². The average Bonchev–Trinajstić information content (AvgIpc) is 2.24. The number of rotatable bonds is 10. The fourth-order valence-corrected chi connectivity index (χ4v) is 7.90. The van der Waals surface area contributed by atoms with Gasteiger partial charge in [-0.1, -0.05) is 11.4 Å². The first-order valence-electron chi connectivity index (χ1n) is 5.74. The predicted octanol–water partition coefficient (Wildman–Crippen LogP) is 3.66. The number of hydrogen-bond donors (Lipinski definition) is 0. The van der Waals surface area contributed by atoms with Crippen molar-refractivity contribution in [2.75, 3.05) is 24.1 Å². The van der Waals surface area contributed by atoms with Crippen LogP contribution < -0.4 is 0 Å². The molecule has 18 heavy (non-hydrogen) atoms. The summed E-state index contributed by atoms with van der Waals surface area (Å²) in [5.41, 5.74) is -2.23. The molecule has 0 aromatic carbocycles. The van der Waals surface area contributed by atoms with Gasteiger partial charge in [0, 0.05) is 5.08 Å². The van der Waals surface area contributed by atoms with Crippen LogP contribution in [0.25, 0.3) is 0 Å². The summed E-state index contributed by atoms with van der Waals surface area (Å²) in [6.45, 7) is 8.55. The molecule has 0 spiro atoms. The average molecular weight is 332 g/mol. The molecule has 0 aromatic heterocycles. The van der Waals surface area contributed by atoms with Gasteiger partial charge in [0.05, 0.1) is 25.1 Å². The Morgan fingerprint density at radius 3 is 2.28 bits per heavy atom. The number of esters is 1. The zero-order valence-electron chi connectivity index (χ0n) is 11.2. The Morgan fingerprint density at radius 2 is 1.83 bits per heavy atom. The van der Waals surface area contributed by atoms with Crippen LogP contribution in [0.3, 0.4) is 0 Å². The van der Waals surface area contributed by atoms with Crippen molar-refractivity contribution in [3.63, 3.8) is 0 Å². The highest BCUT2D eigenvalue weighted by atomic mass is 32.9. The normalized spacial score (nSPS) is 11.8. The van der Waals surface area contributed by atoms with Gasteiger partial charge >= 0.3 is 5.97 Å². The third-order valence-corrected chi connectivity index (χ3v) is 8.56. The van der Waals surface area contributed by atoms with E-state index in [1.54, 1.807) is 0 Å². The SMILES string of the molecule is CCOP(=S)(OCC)SCSCC(=O)OC(C)C. The Balaban J connectivity index is 3.86. The Hall–Kier alpha value is 0.740. The summed E-state index contributed by atoms with van der Waals surface area (Å²) in [5.74, 6) is 0.135. The molecule has 0 aromatic rings. The van der Waals surface area contributed by atoms with Crippen molar-refractivity contribution >= 4 is 46.6 Å². The molecule has 0 aliphatic rings. The number of carbonyl (C=O) groups is 1. The molecule has 0 atom stereocenters. The molecule has 0 N–H and O–H groups in total. The molecule has 0 amide bonds. The van der Waals surface area contributed by atoms with Crippen LogP contribution >= 0.6 is 28.8 Å². The minimum absolute atomic E-state index is 0.0665. The van der Waals surface area contributed by atoms with E-state index in [1.165, 1.54) is 23.1 Å². The first-order valence-corrected chi connectivity index (χ1v) is 11.1. The van der Waals surface area contributed by atoms with E-state index < -0.39 is 5.69 Å². The Bertz CT molecular complexity index is 276. The maximum atomic E-state index is 11.3. The molecular weight excluding hydrogens is 311 g/mol. The molecule has 0 unspecified atom stereocenters. The van der Waals surface area contributed by atoms with Crippen molar-refractivity contribution in [2.24, 2.45) is 0 Å². The Morgan fingerprint density at radius 1 is 1.28 bits per heavy atom. The maximum absolute atomic E-state index is 11.3. The van der Waals surface area contributed by atoms with E-state index in [2.05, 4.69) is 0 Å². The highest BCUT2D eigenvalue weighted by molar-refractivity contribution is 8.69. The summed E-state index contributed by atoms with van der Waals surface area (Å²) in [6.07, 6.45) is -0.0665. The Labute approximate surface area is 123 Å². The van der Waals surface area contributed by atoms with Crippen molar-refractivity contribution in [1.29, 1.82) is 0 Å². The third kappa shape index (κ3) is 9.64. The van der Waals surface area contributed by atoms with Gasteiger partial charge in [0.2, 0.25) is 5.69 Å². The van der Waals surface area contributed by atoms with Gasteiger partial charge in [-0.05, 0) is 39.5 Å². The summed E-state index contributed by atoms with van der Waals surface area (Å²) in [7, 11) is 0. The monoisotopic (exact) mass is 332 g/mol. The number of hydrogen-bond acceptors (Lipinski definition) is 7. The standard InChI is InChI=1S/C10H21O4PS3/c1-5-12-15(16,13-6-2)18-8-17-7-10(11)14-9(3)4/h9H,5-8H2,1-4H3. The highest BCUT2D eigenvalue weighted by Gasteiger charge is 2.18. The lowest BCUT2D eigenvalue weighted by Gasteiger charge is -2.19. The van der Waals surface area contributed by atoms with Crippen LogP contribution in [0.4, 0.5) is 0 Å². The van der Waals surface area contributed by atoms with Crippen molar-refractivity contribution in [3.05, 3.63) is 0 Å². The van der Waals surface area contributed by atoms with E-state index in [0.29, 0.717) is 24.1 Å². The quantitative estimate of drug-likeness (QED) is 0.262. The van der Waals surface area contributed by atoms with Gasteiger partial charge in [-0.15, -0.1) is 11.8 Å². The lowest BCUT2D eigenvalue weighted by Crippen LogP contribution is -2.13. The van der Waals surface area contributed by atoms with Gasteiger partial charge in [-0.25, -0.2) is 0 Å². The second kappa shape index (κ2) is 10.5. The second-order valence-electron chi connectivity index (χ2n) is 3.42. The van der Waals surface area contributed by atoms with E-state index in [1.807, 2.05) is 27.7 Å². The molecule has 0 rings (SSSR count). The van der Waals surface area contributed by atoms with Crippen LogP contribution in [-0.2, 0) is 30.4 Å². The minimum Gasteiger partial charge on any atom is -0.462 e. The third-order valence-electron chi connectivity index (χ3n) is 1.46. The number of ether oxygens (including phenoxy) is 1. The predicted molar refractivity (Wildman–Crippen MR) is 83.7 cm³/mol. The largest absolute Gasteiger partial charge is 0.462 e. The van der Waals surface area contributed by atoms with Crippen LogP contribution in [-0.4, -0.2) is 36.1 Å². The molecule has 0 fully saturated rings. The van der Waals surface area contributed by atoms with E-state index >= 15 is 0 Å². The maximum Gasteiger partial charge on any atom is 0.316 e. The van der Waals surface area contributed by atoms with Crippen LogP contribution in [0.2, 0.25) is 0 Å². The minimum atomic E-state index is -2.23. The molecule has 0 aliphatic carbocycles. The fourth-order valence-electron chi connectivity index (χ4n) is 0.952. The van der Waals surface area contributed by atoms with Crippen molar-refractivity contribution in [1.82, 2.24) is 0 Å². The number of carbonyl (C=O) groups excluding carboxylic acids is 1. The smallest absolute Gasteiger partial charge is 0.316 e. The molecule has 0 saturated carbocycles. The van der Waals surface area contributed by atoms with Crippen LogP contribution in [0.1, 0.15) is 27.7 Å². The van der Waals surface area contributed by atoms with Gasteiger partial charge in [-0.3, -0.25) is 4.79 Å². The van der Waals surface area contributed by atoms with Crippen molar-refractivity contribution in [2.45, 2.75) is 33.8 Å². The van der Waals surface area contributed by atoms with Crippen LogP contribution in [0, 0.1) is 0 Å². The first kappa shape index (κ1) is 18.7. The molecule has 0 aliphatic heterocycles. The molecular formula is C10H21O4PS3. The number of thioether (sulfide) groups is 1. The zero-order chi connectivity index (χ0) is 14.0. The van der Waals surface area contributed by atoms with Gasteiger partial charge < -0.3 is 13.8 Å². The summed E-state index contributed by atoms with van der Waals surface area (Å²) in [4.78, 5) is 11.3. The summed E-state index contributed by atoms with van der Waals surface area (Å²) in [5, 5.41) is 0.671. The summed E-state index contributed by atoms with van der Waals surface area (Å²) >= 11 is 8.29. The molecule has 0 bridgehead atoms. The molecule has 108 valence electrons. The second-order valence-corrected chi connectivity index (χ2v) is 11.1. The van der Waals surface area contributed by atoms with Crippen molar-refractivity contribution < 1.29 is 18.6 Å². The molecule has 0 heterocycles. The lowest BCUT2D eigenvalue weighted by molar-refractivity contribution is -0.144. The van der Waals surface area contributed by atoms with E-state index in [9.17, 15) is 4.79 Å². The summed E-state index contributed by atoms with van der Waals surface area (Å²) < 4.78 is 16.0. The lowest BCUT2D eigenvalue weighted by atomic mass is 10.5. The molecule has 4 nitrogen and oxygen atoms in total. The highest BCUT2D eigenvalue weighted by Crippen LogP contribution is 2.61. The van der Waals surface area contributed by atoms with Gasteiger partial charge in [-0.2, -0.15) is 0 Å². The summed E-state index contributed by atoms with van der Waals surface area (Å²) in [6, 6.07) is 0. The van der Waals surface area contributed by atoms with Crippen LogP contribution in [0.15, 0.2) is 0 Å². The van der Waals surface area contributed by atoms with Crippen molar-refractivity contribution in [3.8, 4) is 0 Å². The molecule has 0 saturated heterocycles. The first-order chi connectivity index (χ1) is 8.43. The zero-order valence-corrected chi connectivity index (χ0v) is 14.6.